The number of amides is 1. The van der Waals surface area contributed by atoms with Crippen LogP contribution in [0, 0.1) is 5.92 Å². The summed E-state index contributed by atoms with van der Waals surface area (Å²) < 4.78 is 38.5. The third-order valence-corrected chi connectivity index (χ3v) is 5.77. The summed E-state index contributed by atoms with van der Waals surface area (Å²) >= 11 is 0. The molecule has 0 atom stereocenters. The fourth-order valence-electron chi connectivity index (χ4n) is 3.91. The normalized spacial score (nSPS) is 15.1. The standard InChI is InChI=1S/C24H29F3N2O/c1-3-29(4-2)23(30)21-16-28(17-21)15-20-12-9-18(10-13-20)8-11-19-6-5-7-22(14-19)24(25,26)27/h5-7,9-10,12-14,21H,3-4,8,11,15-17H2,1-2H3. The zero-order chi connectivity index (χ0) is 21.7. The molecule has 0 N–H and O–H groups in total. The van der Waals surface area contributed by atoms with E-state index in [-0.39, 0.29) is 11.8 Å². The molecule has 0 spiro atoms. The summed E-state index contributed by atoms with van der Waals surface area (Å²) in [6.45, 7) is 7.94. The first-order chi connectivity index (χ1) is 14.3. The highest BCUT2D eigenvalue weighted by atomic mass is 19.4. The number of nitrogens with zero attached hydrogens (tertiary/aromatic N) is 2. The lowest BCUT2D eigenvalue weighted by Gasteiger charge is -2.40. The topological polar surface area (TPSA) is 23.6 Å². The van der Waals surface area contributed by atoms with Crippen LogP contribution in [0.25, 0.3) is 0 Å². The molecule has 6 heteroatoms. The van der Waals surface area contributed by atoms with Crippen LogP contribution in [-0.4, -0.2) is 41.9 Å². The molecule has 0 aliphatic carbocycles. The lowest BCUT2D eigenvalue weighted by Crippen LogP contribution is -2.53. The van der Waals surface area contributed by atoms with E-state index in [1.54, 1.807) is 6.07 Å². The van der Waals surface area contributed by atoms with E-state index < -0.39 is 11.7 Å². The summed E-state index contributed by atoms with van der Waals surface area (Å²) in [6, 6.07) is 13.8. The largest absolute Gasteiger partial charge is 0.416 e. The van der Waals surface area contributed by atoms with Crippen molar-refractivity contribution in [1.82, 2.24) is 9.80 Å². The minimum atomic E-state index is -4.30. The Labute approximate surface area is 176 Å². The Kier molecular flexibility index (Phi) is 7.19. The van der Waals surface area contributed by atoms with Gasteiger partial charge in [0.15, 0.2) is 0 Å². The van der Waals surface area contributed by atoms with Gasteiger partial charge in [-0.3, -0.25) is 9.69 Å². The summed E-state index contributed by atoms with van der Waals surface area (Å²) in [4.78, 5) is 16.5. The number of carbonyl (C=O) groups excluding carboxylic acids is 1. The Bertz CT molecular complexity index is 838. The van der Waals surface area contributed by atoms with Crippen molar-refractivity contribution in [3.63, 3.8) is 0 Å². The van der Waals surface area contributed by atoms with E-state index >= 15 is 0 Å². The van der Waals surface area contributed by atoms with Gasteiger partial charge in [0.2, 0.25) is 5.91 Å². The highest BCUT2D eigenvalue weighted by Crippen LogP contribution is 2.29. The van der Waals surface area contributed by atoms with Gasteiger partial charge >= 0.3 is 6.18 Å². The van der Waals surface area contributed by atoms with Gasteiger partial charge < -0.3 is 4.90 Å². The van der Waals surface area contributed by atoms with E-state index in [4.69, 9.17) is 0 Å². The molecule has 162 valence electrons. The molecule has 3 rings (SSSR count). The summed E-state index contributed by atoms with van der Waals surface area (Å²) in [5.41, 5.74) is 2.39. The molecular formula is C24H29F3N2O. The molecule has 1 saturated heterocycles. The molecule has 0 aromatic heterocycles. The van der Waals surface area contributed by atoms with Crippen LogP contribution < -0.4 is 0 Å². The average molecular weight is 419 g/mol. The zero-order valence-corrected chi connectivity index (χ0v) is 17.6. The van der Waals surface area contributed by atoms with Crippen LogP contribution in [0.5, 0.6) is 0 Å². The van der Waals surface area contributed by atoms with Crippen LogP contribution in [0.2, 0.25) is 0 Å². The van der Waals surface area contributed by atoms with Crippen molar-refractivity contribution in [2.75, 3.05) is 26.2 Å². The second kappa shape index (κ2) is 9.65. The molecule has 1 aliphatic rings. The fraction of sp³-hybridized carbons (Fsp3) is 0.458. The van der Waals surface area contributed by atoms with E-state index in [1.807, 2.05) is 30.9 Å². The molecule has 0 radical (unpaired) electrons. The molecule has 1 amide bonds. The van der Waals surface area contributed by atoms with Crippen LogP contribution in [0.1, 0.15) is 36.1 Å². The molecule has 0 bridgehead atoms. The first kappa shape index (κ1) is 22.3. The maximum Gasteiger partial charge on any atom is 0.416 e. The summed E-state index contributed by atoms with van der Waals surface area (Å²) in [6.07, 6.45) is -3.03. The monoisotopic (exact) mass is 418 g/mol. The van der Waals surface area contributed by atoms with Crippen LogP contribution in [0.3, 0.4) is 0 Å². The van der Waals surface area contributed by atoms with Crippen molar-refractivity contribution < 1.29 is 18.0 Å². The molecule has 1 aliphatic heterocycles. The Morgan fingerprint density at radius 2 is 1.57 bits per heavy atom. The Morgan fingerprint density at radius 1 is 0.967 bits per heavy atom. The molecule has 1 heterocycles. The number of benzene rings is 2. The van der Waals surface area contributed by atoms with E-state index in [1.165, 1.54) is 17.7 Å². The lowest BCUT2D eigenvalue weighted by molar-refractivity contribution is -0.141. The molecule has 30 heavy (non-hydrogen) atoms. The maximum absolute atomic E-state index is 12.8. The third kappa shape index (κ3) is 5.63. The minimum absolute atomic E-state index is 0.108. The minimum Gasteiger partial charge on any atom is -0.343 e. The molecule has 0 unspecified atom stereocenters. The Balaban J connectivity index is 1.47. The van der Waals surface area contributed by atoms with Gasteiger partial charge in [0.05, 0.1) is 11.5 Å². The quantitative estimate of drug-likeness (QED) is 0.615. The van der Waals surface area contributed by atoms with Crippen molar-refractivity contribution in [2.24, 2.45) is 5.92 Å². The van der Waals surface area contributed by atoms with Crippen molar-refractivity contribution >= 4 is 5.91 Å². The number of likely N-dealkylation sites (tertiary alicyclic amines) is 1. The number of halogens is 3. The predicted molar refractivity (Wildman–Crippen MR) is 112 cm³/mol. The van der Waals surface area contributed by atoms with Gasteiger partial charge in [-0.05, 0) is 49.4 Å². The number of rotatable bonds is 8. The van der Waals surface area contributed by atoms with Crippen molar-refractivity contribution in [2.45, 2.75) is 39.4 Å². The van der Waals surface area contributed by atoms with Crippen LogP contribution >= 0.6 is 0 Å². The smallest absolute Gasteiger partial charge is 0.343 e. The van der Waals surface area contributed by atoms with Gasteiger partial charge in [0, 0.05) is 32.7 Å². The molecule has 2 aromatic rings. The number of hydrogen-bond acceptors (Lipinski definition) is 2. The number of aryl methyl sites for hydroxylation is 2. The van der Waals surface area contributed by atoms with Gasteiger partial charge in [0.25, 0.3) is 0 Å². The van der Waals surface area contributed by atoms with Crippen molar-refractivity contribution in [3.8, 4) is 0 Å². The van der Waals surface area contributed by atoms with E-state index in [9.17, 15) is 18.0 Å². The average Bonchev–Trinajstić information content (AvgIpc) is 2.70. The second-order valence-electron chi connectivity index (χ2n) is 7.92. The van der Waals surface area contributed by atoms with Gasteiger partial charge in [-0.25, -0.2) is 0 Å². The summed E-state index contributed by atoms with van der Waals surface area (Å²) in [5, 5.41) is 0. The Morgan fingerprint density at radius 3 is 2.17 bits per heavy atom. The fourth-order valence-corrected chi connectivity index (χ4v) is 3.91. The van der Waals surface area contributed by atoms with Gasteiger partial charge in [-0.15, -0.1) is 0 Å². The van der Waals surface area contributed by atoms with Crippen LogP contribution in [-0.2, 0) is 30.4 Å². The van der Waals surface area contributed by atoms with E-state index in [0.29, 0.717) is 18.4 Å². The first-order valence-corrected chi connectivity index (χ1v) is 10.5. The Hall–Kier alpha value is -2.34. The van der Waals surface area contributed by atoms with E-state index in [0.717, 1.165) is 44.4 Å². The number of hydrogen-bond donors (Lipinski definition) is 0. The van der Waals surface area contributed by atoms with Crippen LogP contribution in [0.4, 0.5) is 13.2 Å². The third-order valence-electron chi connectivity index (χ3n) is 5.77. The number of carbonyl (C=O) groups is 1. The predicted octanol–water partition coefficient (Wildman–Crippen LogP) is 4.79. The summed E-state index contributed by atoms with van der Waals surface area (Å²) in [5.74, 6) is 0.359. The number of alkyl halides is 3. The van der Waals surface area contributed by atoms with Gasteiger partial charge in [0.1, 0.15) is 0 Å². The van der Waals surface area contributed by atoms with E-state index in [2.05, 4.69) is 17.0 Å². The molecule has 1 fully saturated rings. The highest BCUT2D eigenvalue weighted by Gasteiger charge is 2.34. The second-order valence-corrected chi connectivity index (χ2v) is 7.92. The first-order valence-electron chi connectivity index (χ1n) is 10.5. The zero-order valence-electron chi connectivity index (χ0n) is 17.6. The lowest BCUT2D eigenvalue weighted by atomic mass is 9.97. The molecule has 0 saturated carbocycles. The highest BCUT2D eigenvalue weighted by molar-refractivity contribution is 5.80. The van der Waals surface area contributed by atoms with Gasteiger partial charge in [-0.1, -0.05) is 42.5 Å². The SMILES string of the molecule is CCN(CC)C(=O)C1CN(Cc2ccc(CCc3cccc(C(F)(F)F)c3)cc2)C1. The van der Waals surface area contributed by atoms with Crippen LogP contribution in [0.15, 0.2) is 48.5 Å². The molecule has 2 aromatic carbocycles. The molecule has 3 nitrogen and oxygen atoms in total. The van der Waals surface area contributed by atoms with Gasteiger partial charge in [-0.2, -0.15) is 13.2 Å². The maximum atomic E-state index is 12.8. The molecular weight excluding hydrogens is 389 g/mol. The summed E-state index contributed by atoms with van der Waals surface area (Å²) in [7, 11) is 0. The van der Waals surface area contributed by atoms with Crippen molar-refractivity contribution in [1.29, 1.82) is 0 Å². The van der Waals surface area contributed by atoms with Crippen molar-refractivity contribution in [3.05, 3.63) is 70.8 Å².